The van der Waals surface area contributed by atoms with Gasteiger partial charge in [-0.05, 0) is 92.0 Å². The highest BCUT2D eigenvalue weighted by molar-refractivity contribution is 7.26. The minimum absolute atomic E-state index is 0.0644. The maximum Gasteiger partial charge on any atom is 0.0714 e. The molecule has 54 heavy (non-hydrogen) atoms. The van der Waals surface area contributed by atoms with Crippen LogP contribution >= 0.6 is 11.3 Å². The molecule has 0 N–H and O–H groups in total. The van der Waals surface area contributed by atoms with Gasteiger partial charge in [0.15, 0.2) is 0 Å². The van der Waals surface area contributed by atoms with Crippen molar-refractivity contribution >= 4 is 48.6 Å². The van der Waals surface area contributed by atoms with Crippen LogP contribution in [0.1, 0.15) is 47.2 Å². The van der Waals surface area contributed by atoms with Crippen molar-refractivity contribution in [1.82, 2.24) is 0 Å². The highest BCUT2D eigenvalue weighted by Crippen LogP contribution is 2.58. The maximum atomic E-state index is 2.52. The number of rotatable bonds is 5. The zero-order valence-corrected chi connectivity index (χ0v) is 31.1. The van der Waals surface area contributed by atoms with Gasteiger partial charge in [0, 0.05) is 32.3 Å². The van der Waals surface area contributed by atoms with Crippen LogP contribution in [0.25, 0.3) is 42.4 Å². The van der Waals surface area contributed by atoms with E-state index in [2.05, 4.69) is 207 Å². The SMILES string of the molecule is CC1(C)c2ccccc2-c2cc(N(c3ccc4c(c3)C(c3ccccc3)(c3ccccc3)c3ccccc3-4)c3cccc4c3sc3ccccc34)ccc21. The monoisotopic (exact) mass is 707 g/mol. The molecular weight excluding hydrogens is 671 g/mol. The van der Waals surface area contributed by atoms with Crippen molar-refractivity contribution in [3.05, 3.63) is 221 Å². The van der Waals surface area contributed by atoms with Gasteiger partial charge in [0.1, 0.15) is 0 Å². The van der Waals surface area contributed by atoms with Gasteiger partial charge in [-0.15, -0.1) is 11.3 Å². The first-order valence-electron chi connectivity index (χ1n) is 18.9. The fourth-order valence-electron chi connectivity index (χ4n) is 9.75. The Bertz CT molecular complexity index is 2880. The summed E-state index contributed by atoms with van der Waals surface area (Å²) in [6.07, 6.45) is 0. The lowest BCUT2D eigenvalue weighted by Crippen LogP contribution is -2.28. The first kappa shape index (κ1) is 31.3. The molecule has 0 saturated heterocycles. The second-order valence-corrected chi connectivity index (χ2v) is 16.3. The highest BCUT2D eigenvalue weighted by Gasteiger charge is 2.46. The van der Waals surface area contributed by atoms with Crippen LogP contribution in [0.5, 0.6) is 0 Å². The topological polar surface area (TPSA) is 3.24 Å². The smallest absolute Gasteiger partial charge is 0.0714 e. The number of hydrogen-bond acceptors (Lipinski definition) is 2. The third-order valence-electron chi connectivity index (χ3n) is 12.1. The van der Waals surface area contributed by atoms with Gasteiger partial charge in [0.25, 0.3) is 0 Å². The fraction of sp³-hybridized carbons (Fsp3) is 0.0769. The molecule has 0 fully saturated rings. The highest BCUT2D eigenvalue weighted by atomic mass is 32.1. The Hall–Kier alpha value is -6.22. The van der Waals surface area contributed by atoms with Gasteiger partial charge < -0.3 is 4.90 Å². The molecule has 0 aliphatic heterocycles. The number of benzene rings is 8. The second kappa shape index (κ2) is 11.6. The van der Waals surface area contributed by atoms with Crippen molar-refractivity contribution in [3.63, 3.8) is 0 Å². The van der Waals surface area contributed by atoms with Gasteiger partial charge in [0.05, 0.1) is 15.8 Å². The first-order chi connectivity index (χ1) is 26.5. The number of anilines is 3. The van der Waals surface area contributed by atoms with E-state index < -0.39 is 5.41 Å². The van der Waals surface area contributed by atoms with Crippen molar-refractivity contribution < 1.29 is 0 Å². The van der Waals surface area contributed by atoms with E-state index >= 15 is 0 Å². The van der Waals surface area contributed by atoms with E-state index in [1.165, 1.54) is 81.5 Å². The van der Waals surface area contributed by atoms with E-state index in [-0.39, 0.29) is 5.41 Å². The average molecular weight is 708 g/mol. The molecule has 2 heteroatoms. The number of nitrogens with zero attached hydrogens (tertiary/aromatic N) is 1. The molecule has 256 valence electrons. The molecule has 0 bridgehead atoms. The molecule has 11 rings (SSSR count). The zero-order valence-electron chi connectivity index (χ0n) is 30.3. The summed E-state index contributed by atoms with van der Waals surface area (Å²) in [5.74, 6) is 0. The third kappa shape index (κ3) is 4.26. The summed E-state index contributed by atoms with van der Waals surface area (Å²) in [6, 6.07) is 70.2. The second-order valence-electron chi connectivity index (χ2n) is 15.2. The zero-order chi connectivity index (χ0) is 36.0. The molecule has 0 atom stereocenters. The lowest BCUT2D eigenvalue weighted by Gasteiger charge is -2.35. The lowest BCUT2D eigenvalue weighted by atomic mass is 9.67. The van der Waals surface area contributed by atoms with E-state index in [4.69, 9.17) is 0 Å². The minimum Gasteiger partial charge on any atom is -0.309 e. The van der Waals surface area contributed by atoms with Gasteiger partial charge in [0.2, 0.25) is 0 Å². The van der Waals surface area contributed by atoms with E-state index in [1.807, 2.05) is 11.3 Å². The standard InChI is InChI=1S/C52H37NS/c1-51(2)44-24-12-9-21-39(44)43-32-36(29-31-45(43)51)53(48-26-15-23-42-41-22-11-14-27-49(41)54-50(42)48)37-28-30-40-38-20-10-13-25-46(38)52(47(40)33-37,34-16-5-3-6-17-34)35-18-7-4-8-19-35/h3-33H,1-2H3. The van der Waals surface area contributed by atoms with E-state index in [9.17, 15) is 0 Å². The van der Waals surface area contributed by atoms with Gasteiger partial charge in [-0.1, -0.05) is 166 Å². The lowest BCUT2D eigenvalue weighted by molar-refractivity contribution is 0.660. The van der Waals surface area contributed by atoms with E-state index in [1.54, 1.807) is 0 Å². The Morgan fingerprint density at radius 1 is 0.407 bits per heavy atom. The van der Waals surface area contributed by atoms with Crippen molar-refractivity contribution in [2.24, 2.45) is 0 Å². The number of hydrogen-bond donors (Lipinski definition) is 0. The third-order valence-corrected chi connectivity index (χ3v) is 13.4. The van der Waals surface area contributed by atoms with Crippen LogP contribution in [0.4, 0.5) is 17.1 Å². The summed E-state index contributed by atoms with van der Waals surface area (Å²) in [4.78, 5) is 2.52. The summed E-state index contributed by atoms with van der Waals surface area (Å²) in [6.45, 7) is 4.72. The van der Waals surface area contributed by atoms with E-state index in [0.717, 1.165) is 11.4 Å². The van der Waals surface area contributed by atoms with Crippen molar-refractivity contribution in [3.8, 4) is 22.3 Å². The fourth-order valence-corrected chi connectivity index (χ4v) is 11.0. The van der Waals surface area contributed by atoms with Crippen molar-refractivity contribution in [2.75, 3.05) is 4.90 Å². The molecule has 2 aliphatic carbocycles. The van der Waals surface area contributed by atoms with Crippen LogP contribution < -0.4 is 4.90 Å². The normalized spacial score (nSPS) is 14.4. The molecule has 0 amide bonds. The summed E-state index contributed by atoms with van der Waals surface area (Å²) < 4.78 is 2.60. The van der Waals surface area contributed by atoms with Crippen LogP contribution in [-0.4, -0.2) is 0 Å². The van der Waals surface area contributed by atoms with Crippen molar-refractivity contribution in [1.29, 1.82) is 0 Å². The molecule has 8 aromatic carbocycles. The van der Waals surface area contributed by atoms with Crippen LogP contribution in [-0.2, 0) is 10.8 Å². The summed E-state index contributed by atoms with van der Waals surface area (Å²) in [5, 5.41) is 2.60. The molecule has 1 heterocycles. The molecule has 0 radical (unpaired) electrons. The Labute approximate surface area is 320 Å². The predicted molar refractivity (Wildman–Crippen MR) is 229 cm³/mol. The van der Waals surface area contributed by atoms with Crippen LogP contribution in [0.2, 0.25) is 0 Å². The first-order valence-corrected chi connectivity index (χ1v) is 19.7. The summed E-state index contributed by atoms with van der Waals surface area (Å²) in [5.41, 5.74) is 16.1. The van der Waals surface area contributed by atoms with Crippen molar-refractivity contribution in [2.45, 2.75) is 24.7 Å². The largest absolute Gasteiger partial charge is 0.309 e. The molecule has 1 aromatic heterocycles. The Kier molecular flexibility index (Phi) is 6.75. The summed E-state index contributed by atoms with van der Waals surface area (Å²) >= 11 is 1.89. The molecule has 0 saturated carbocycles. The number of thiophene rings is 1. The Balaban J connectivity index is 1.22. The molecule has 0 spiro atoms. The molecule has 9 aromatic rings. The Morgan fingerprint density at radius 3 is 1.72 bits per heavy atom. The summed E-state index contributed by atoms with van der Waals surface area (Å²) in [7, 11) is 0. The number of fused-ring (bicyclic) bond motifs is 9. The minimum atomic E-state index is -0.485. The quantitative estimate of drug-likeness (QED) is 0.172. The van der Waals surface area contributed by atoms with Gasteiger partial charge >= 0.3 is 0 Å². The predicted octanol–water partition coefficient (Wildman–Crippen LogP) is 14.2. The van der Waals surface area contributed by atoms with Crippen LogP contribution in [0, 0.1) is 0 Å². The molecule has 2 aliphatic rings. The van der Waals surface area contributed by atoms with Gasteiger partial charge in [-0.2, -0.15) is 0 Å². The van der Waals surface area contributed by atoms with E-state index in [0.29, 0.717) is 0 Å². The van der Waals surface area contributed by atoms with Crippen LogP contribution in [0.15, 0.2) is 188 Å². The molecule has 1 nitrogen and oxygen atoms in total. The van der Waals surface area contributed by atoms with Gasteiger partial charge in [-0.3, -0.25) is 0 Å². The Morgan fingerprint density at radius 2 is 0.963 bits per heavy atom. The maximum absolute atomic E-state index is 2.52. The van der Waals surface area contributed by atoms with Crippen LogP contribution in [0.3, 0.4) is 0 Å². The molecular formula is C52H37NS. The molecule has 0 unspecified atom stereocenters. The average Bonchev–Trinajstić information content (AvgIpc) is 3.83. The van der Waals surface area contributed by atoms with Gasteiger partial charge in [-0.25, -0.2) is 0 Å².